The van der Waals surface area contributed by atoms with Gasteiger partial charge in [-0.2, -0.15) is 4.98 Å². The van der Waals surface area contributed by atoms with Gasteiger partial charge in [-0.3, -0.25) is 19.4 Å². The number of anilines is 1. The molecular formula is C23H26N9O4+. The number of aromatic nitrogens is 3. The first kappa shape index (κ1) is 22.3. The third-order valence-corrected chi connectivity index (χ3v) is 7.05. The van der Waals surface area contributed by atoms with Crippen LogP contribution in [0.2, 0.25) is 0 Å². The zero-order chi connectivity index (χ0) is 25.0. The minimum absolute atomic E-state index is 0.0137. The van der Waals surface area contributed by atoms with Crippen molar-refractivity contribution in [2.24, 2.45) is 4.99 Å². The maximum absolute atomic E-state index is 13.0. The van der Waals surface area contributed by atoms with Gasteiger partial charge in [0, 0.05) is 58.0 Å². The van der Waals surface area contributed by atoms with Gasteiger partial charge >= 0.3 is 6.03 Å². The lowest BCUT2D eigenvalue weighted by molar-refractivity contribution is -0.520. The molecule has 5 heterocycles. The first-order valence-corrected chi connectivity index (χ1v) is 12.0. The lowest BCUT2D eigenvalue weighted by Gasteiger charge is -2.35. The highest BCUT2D eigenvalue weighted by Crippen LogP contribution is 2.39. The fourth-order valence-electron chi connectivity index (χ4n) is 4.67. The van der Waals surface area contributed by atoms with E-state index in [1.807, 2.05) is 12.1 Å². The molecule has 0 N–H and O–H groups in total. The normalized spacial score (nSPS) is 22.1. The van der Waals surface area contributed by atoms with Gasteiger partial charge in [0.1, 0.15) is 5.82 Å². The van der Waals surface area contributed by atoms with Crippen LogP contribution in [0.3, 0.4) is 0 Å². The van der Waals surface area contributed by atoms with E-state index in [1.165, 1.54) is 18.3 Å². The summed E-state index contributed by atoms with van der Waals surface area (Å²) in [7, 11) is 3.01. The minimum atomic E-state index is -0.759. The second-order valence-corrected chi connectivity index (χ2v) is 9.42. The van der Waals surface area contributed by atoms with Gasteiger partial charge < -0.3 is 14.3 Å². The number of rotatable bonds is 5. The van der Waals surface area contributed by atoms with E-state index in [4.69, 9.17) is 4.52 Å². The molecule has 2 aromatic heterocycles. The Bertz CT molecular complexity index is 1290. The summed E-state index contributed by atoms with van der Waals surface area (Å²) in [6.45, 7) is 2.37. The van der Waals surface area contributed by atoms with Gasteiger partial charge in [-0.1, -0.05) is 5.16 Å². The second kappa shape index (κ2) is 8.50. The molecule has 3 aliphatic heterocycles. The van der Waals surface area contributed by atoms with Gasteiger partial charge in [-0.15, -0.1) is 0 Å². The average Bonchev–Trinajstić information content (AvgIpc) is 3.48. The van der Waals surface area contributed by atoms with Crippen LogP contribution in [0.1, 0.15) is 24.7 Å². The Morgan fingerprint density at radius 1 is 1.11 bits per heavy atom. The Hall–Kier alpha value is -4.16. The number of hydrogen-bond acceptors (Lipinski definition) is 9. The number of fused-ring (bicyclic) bond motifs is 1. The van der Waals surface area contributed by atoms with Gasteiger partial charge in [-0.05, 0) is 30.0 Å². The van der Waals surface area contributed by atoms with Crippen LogP contribution < -0.4 is 4.90 Å². The highest BCUT2D eigenvalue weighted by Gasteiger charge is 2.51. The predicted molar refractivity (Wildman–Crippen MR) is 127 cm³/mol. The molecule has 186 valence electrons. The number of hydrogen-bond donors (Lipinski definition) is 0. The van der Waals surface area contributed by atoms with E-state index < -0.39 is 12.1 Å². The van der Waals surface area contributed by atoms with Crippen molar-refractivity contribution in [3.63, 3.8) is 0 Å². The highest BCUT2D eigenvalue weighted by atomic mass is 16.5. The van der Waals surface area contributed by atoms with Crippen molar-refractivity contribution in [1.82, 2.24) is 29.8 Å². The molecule has 0 spiro atoms. The summed E-state index contributed by atoms with van der Waals surface area (Å²) in [5, 5.41) is 4.06. The molecule has 13 heteroatoms. The maximum atomic E-state index is 13.0. The van der Waals surface area contributed by atoms with Crippen molar-refractivity contribution < 1.29 is 23.5 Å². The molecule has 6 rings (SSSR count). The number of urea groups is 1. The number of carbonyl (C=O) groups excluding carboxylic acids is 3. The highest BCUT2D eigenvalue weighted by molar-refractivity contribution is 6.21. The van der Waals surface area contributed by atoms with Crippen LogP contribution in [-0.2, 0) is 9.59 Å². The third-order valence-electron chi connectivity index (χ3n) is 7.05. The van der Waals surface area contributed by atoms with Crippen LogP contribution in [0, 0.1) is 0 Å². The summed E-state index contributed by atoms with van der Waals surface area (Å²) in [6, 6.07) is 2.67. The van der Waals surface area contributed by atoms with Crippen molar-refractivity contribution in [2.75, 3.05) is 51.7 Å². The molecule has 0 aromatic carbocycles. The number of amidine groups is 1. The van der Waals surface area contributed by atoms with Crippen LogP contribution in [0.25, 0.3) is 11.4 Å². The Morgan fingerprint density at radius 2 is 1.89 bits per heavy atom. The first-order chi connectivity index (χ1) is 17.4. The lowest BCUT2D eigenvalue weighted by atomic mass is 10.1. The Kier molecular flexibility index (Phi) is 5.27. The summed E-state index contributed by atoms with van der Waals surface area (Å²) >= 11 is 0. The zero-order valence-corrected chi connectivity index (χ0v) is 20.1. The third kappa shape index (κ3) is 3.80. The molecular weight excluding hydrogens is 466 g/mol. The van der Waals surface area contributed by atoms with Gasteiger partial charge in [0.2, 0.25) is 11.7 Å². The summed E-state index contributed by atoms with van der Waals surface area (Å²) in [5.74, 6) is 2.35. The Morgan fingerprint density at radius 3 is 2.58 bits per heavy atom. The van der Waals surface area contributed by atoms with Crippen molar-refractivity contribution >= 4 is 35.8 Å². The van der Waals surface area contributed by atoms with Gasteiger partial charge in [0.05, 0.1) is 0 Å². The van der Waals surface area contributed by atoms with E-state index in [0.717, 1.165) is 29.1 Å². The fourth-order valence-corrected chi connectivity index (χ4v) is 4.67. The Balaban J connectivity index is 1.04. The van der Waals surface area contributed by atoms with E-state index in [-0.39, 0.29) is 18.4 Å². The molecule has 1 saturated carbocycles. The smallest absolute Gasteiger partial charge is 0.333 e. The molecule has 0 bridgehead atoms. The topological polar surface area (TPSA) is 131 Å². The van der Waals surface area contributed by atoms with E-state index >= 15 is 0 Å². The molecule has 36 heavy (non-hydrogen) atoms. The molecule has 2 aromatic rings. The summed E-state index contributed by atoms with van der Waals surface area (Å²) in [6.07, 6.45) is 5.42. The van der Waals surface area contributed by atoms with Crippen molar-refractivity contribution in [2.45, 2.75) is 24.8 Å². The fraction of sp³-hybridized carbons (Fsp3) is 0.478. The van der Waals surface area contributed by atoms with Gasteiger partial charge in [-0.25, -0.2) is 14.4 Å². The summed E-state index contributed by atoms with van der Waals surface area (Å²) in [5.41, 5.74) is 0.807. The lowest BCUT2D eigenvalue weighted by Crippen LogP contribution is -2.62. The molecule has 2 saturated heterocycles. The van der Waals surface area contributed by atoms with E-state index in [2.05, 4.69) is 25.0 Å². The van der Waals surface area contributed by atoms with Crippen molar-refractivity contribution in [1.29, 1.82) is 0 Å². The average molecular weight is 493 g/mol. The molecule has 4 amide bonds. The number of nitrogens with zero attached hydrogens (tertiary/aromatic N) is 9. The van der Waals surface area contributed by atoms with Crippen LogP contribution in [0.15, 0.2) is 27.8 Å². The quantitative estimate of drug-likeness (QED) is 0.533. The number of pyridine rings is 1. The molecule has 13 nitrogen and oxygen atoms in total. The standard InChI is InChI=1S/C23H26N9O4/c1-28-20-18(22(34)29(2)23(28)35)32(13-25-20)12-17(33)31-9-7-30(8-10-31)16-6-5-15(11-24-16)19-26-21(36-27-19)14-3-4-14/h5-6,11,13-14,18H,3-4,7-10,12H2,1-2H3/q+1. The van der Waals surface area contributed by atoms with Crippen molar-refractivity contribution in [3.05, 3.63) is 24.2 Å². The molecule has 1 aliphatic carbocycles. The number of piperazine rings is 1. The van der Waals surface area contributed by atoms with Crippen LogP contribution in [-0.4, -0.2) is 117 Å². The second-order valence-electron chi connectivity index (χ2n) is 9.42. The number of carbonyl (C=O) groups is 3. The summed E-state index contributed by atoms with van der Waals surface area (Å²) in [4.78, 5) is 57.4. The number of aliphatic imine (C=N–C) groups is 1. The molecule has 1 atom stereocenters. The van der Waals surface area contributed by atoms with Gasteiger partial charge in [0.15, 0.2) is 6.54 Å². The first-order valence-electron chi connectivity index (χ1n) is 12.0. The van der Waals surface area contributed by atoms with E-state index in [1.54, 1.807) is 22.7 Å². The largest absolute Gasteiger partial charge is 0.353 e. The van der Waals surface area contributed by atoms with Gasteiger partial charge in [0.25, 0.3) is 30.0 Å². The molecule has 3 fully saturated rings. The molecule has 4 aliphatic rings. The Labute approximate surface area is 206 Å². The van der Waals surface area contributed by atoms with E-state index in [9.17, 15) is 14.4 Å². The van der Waals surface area contributed by atoms with Crippen molar-refractivity contribution in [3.8, 4) is 11.4 Å². The maximum Gasteiger partial charge on any atom is 0.333 e. The number of imide groups is 1. The number of amides is 4. The monoisotopic (exact) mass is 492 g/mol. The van der Waals surface area contributed by atoms with Crippen LogP contribution in [0.4, 0.5) is 10.6 Å². The number of likely N-dealkylation sites (N-methyl/N-ethyl adjacent to an activating group) is 2. The molecule has 0 radical (unpaired) electrons. The zero-order valence-electron chi connectivity index (χ0n) is 20.1. The van der Waals surface area contributed by atoms with Crippen LogP contribution >= 0.6 is 0 Å². The van der Waals surface area contributed by atoms with E-state index in [0.29, 0.717) is 49.6 Å². The molecule has 1 unspecified atom stereocenters. The SMILES string of the molecule is CN1C(=O)C2C(=NC=[N+]2CC(=O)N2CCN(c3ccc(-c4noc(C5CC5)n4)cn3)CC2)N(C)C1=O. The minimum Gasteiger partial charge on any atom is -0.353 e. The van der Waals surface area contributed by atoms with Crippen LogP contribution in [0.5, 0.6) is 0 Å². The summed E-state index contributed by atoms with van der Waals surface area (Å²) < 4.78 is 6.93. The predicted octanol–water partition coefficient (Wildman–Crippen LogP) is 0.00290.